The lowest BCUT2D eigenvalue weighted by Crippen LogP contribution is -2.29. The van der Waals surface area contributed by atoms with E-state index in [9.17, 15) is 19.1 Å². The van der Waals surface area contributed by atoms with Crippen LogP contribution in [-0.2, 0) is 9.59 Å². The third kappa shape index (κ3) is 3.21. The van der Waals surface area contributed by atoms with Crippen LogP contribution in [0.3, 0.4) is 0 Å². The molecule has 1 unspecified atom stereocenters. The van der Waals surface area contributed by atoms with Gasteiger partial charge in [0.15, 0.2) is 0 Å². The summed E-state index contributed by atoms with van der Waals surface area (Å²) in [6, 6.07) is 20.6. The Balaban J connectivity index is 1.97. The first-order chi connectivity index (χ1) is 14.0. The van der Waals surface area contributed by atoms with Crippen molar-refractivity contribution in [1.29, 1.82) is 0 Å². The molecule has 1 atom stereocenters. The zero-order chi connectivity index (χ0) is 20.5. The molecular formula is C24H18FNO3. The fourth-order valence-corrected chi connectivity index (χ4v) is 3.64. The van der Waals surface area contributed by atoms with E-state index in [0.29, 0.717) is 16.8 Å². The van der Waals surface area contributed by atoms with Crippen molar-refractivity contribution in [3.05, 3.63) is 107 Å². The normalized spacial score (nSPS) is 18.3. The minimum atomic E-state index is -0.818. The number of hydrogen-bond acceptors (Lipinski definition) is 3. The van der Waals surface area contributed by atoms with Gasteiger partial charge in [0.1, 0.15) is 11.6 Å². The van der Waals surface area contributed by atoms with Crippen molar-refractivity contribution in [2.45, 2.75) is 13.0 Å². The van der Waals surface area contributed by atoms with Crippen LogP contribution in [0.25, 0.3) is 5.76 Å². The van der Waals surface area contributed by atoms with Crippen molar-refractivity contribution in [1.82, 2.24) is 0 Å². The summed E-state index contributed by atoms with van der Waals surface area (Å²) < 4.78 is 13.4. The van der Waals surface area contributed by atoms with Gasteiger partial charge in [-0.2, -0.15) is 0 Å². The Kier molecular flexibility index (Phi) is 4.72. The number of aryl methyl sites for hydroxylation is 1. The van der Waals surface area contributed by atoms with E-state index < -0.39 is 23.5 Å². The first kappa shape index (κ1) is 18.6. The fourth-order valence-electron chi connectivity index (χ4n) is 3.64. The number of halogens is 1. The highest BCUT2D eigenvalue weighted by molar-refractivity contribution is 6.51. The summed E-state index contributed by atoms with van der Waals surface area (Å²) in [4.78, 5) is 27.3. The number of hydrogen-bond donors (Lipinski definition) is 1. The minimum Gasteiger partial charge on any atom is -0.507 e. The van der Waals surface area contributed by atoms with Crippen LogP contribution in [-0.4, -0.2) is 16.8 Å². The third-order valence-corrected chi connectivity index (χ3v) is 5.08. The lowest BCUT2D eigenvalue weighted by Gasteiger charge is -2.26. The molecule has 0 aliphatic carbocycles. The van der Waals surface area contributed by atoms with E-state index in [0.717, 1.165) is 5.56 Å². The van der Waals surface area contributed by atoms with Crippen LogP contribution in [0.15, 0.2) is 84.4 Å². The van der Waals surface area contributed by atoms with E-state index in [1.165, 1.54) is 29.2 Å². The van der Waals surface area contributed by atoms with Crippen LogP contribution in [0, 0.1) is 12.7 Å². The number of aliphatic hydroxyl groups excluding tert-OH is 1. The molecule has 1 aliphatic rings. The maximum atomic E-state index is 13.4. The largest absolute Gasteiger partial charge is 0.507 e. The number of amides is 1. The van der Waals surface area contributed by atoms with Gasteiger partial charge in [-0.15, -0.1) is 0 Å². The van der Waals surface area contributed by atoms with Crippen molar-refractivity contribution < 1.29 is 19.1 Å². The van der Waals surface area contributed by atoms with Crippen molar-refractivity contribution in [2.24, 2.45) is 0 Å². The first-order valence-electron chi connectivity index (χ1n) is 9.16. The Bertz CT molecular complexity index is 1120. The van der Waals surface area contributed by atoms with Crippen LogP contribution in [0.1, 0.15) is 22.7 Å². The first-order valence-corrected chi connectivity index (χ1v) is 9.16. The Morgan fingerprint density at radius 3 is 2.17 bits per heavy atom. The Morgan fingerprint density at radius 2 is 1.52 bits per heavy atom. The Labute approximate surface area is 167 Å². The van der Waals surface area contributed by atoms with Gasteiger partial charge < -0.3 is 5.11 Å². The number of carbonyl (C=O) groups is 2. The van der Waals surface area contributed by atoms with Gasteiger partial charge in [0.2, 0.25) is 0 Å². The number of rotatable bonds is 3. The van der Waals surface area contributed by atoms with Crippen molar-refractivity contribution in [3.8, 4) is 0 Å². The highest BCUT2D eigenvalue weighted by atomic mass is 19.1. The molecule has 1 N–H and O–H groups in total. The summed E-state index contributed by atoms with van der Waals surface area (Å²) in [6.45, 7) is 1.88. The lowest BCUT2D eigenvalue weighted by atomic mass is 9.92. The number of anilines is 1. The molecule has 0 bridgehead atoms. The molecule has 29 heavy (non-hydrogen) atoms. The van der Waals surface area contributed by atoms with Crippen LogP contribution in [0.2, 0.25) is 0 Å². The van der Waals surface area contributed by atoms with Crippen molar-refractivity contribution >= 4 is 23.1 Å². The second kappa shape index (κ2) is 7.36. The second-order valence-electron chi connectivity index (χ2n) is 6.87. The van der Waals surface area contributed by atoms with Crippen LogP contribution in [0.5, 0.6) is 0 Å². The molecule has 1 fully saturated rings. The summed E-state index contributed by atoms with van der Waals surface area (Å²) in [5, 5.41) is 11.0. The zero-order valence-corrected chi connectivity index (χ0v) is 15.7. The highest BCUT2D eigenvalue weighted by Crippen LogP contribution is 2.42. The van der Waals surface area contributed by atoms with Gasteiger partial charge in [-0.1, -0.05) is 54.6 Å². The topological polar surface area (TPSA) is 57.6 Å². The molecule has 0 spiro atoms. The summed E-state index contributed by atoms with van der Waals surface area (Å²) in [6.07, 6.45) is 0. The maximum Gasteiger partial charge on any atom is 0.300 e. The van der Waals surface area contributed by atoms with Gasteiger partial charge in [-0.25, -0.2) is 4.39 Å². The molecule has 1 saturated heterocycles. The molecular weight excluding hydrogens is 369 g/mol. The molecule has 0 saturated carbocycles. The number of nitrogens with zero attached hydrogens (tertiary/aromatic N) is 1. The predicted molar refractivity (Wildman–Crippen MR) is 109 cm³/mol. The fraction of sp³-hybridized carbons (Fsp3) is 0.0833. The number of aliphatic hydroxyl groups is 1. The van der Waals surface area contributed by atoms with Gasteiger partial charge in [-0.05, 0) is 42.3 Å². The Morgan fingerprint density at radius 1 is 0.897 bits per heavy atom. The van der Waals surface area contributed by atoms with Crippen molar-refractivity contribution in [2.75, 3.05) is 4.90 Å². The molecule has 144 valence electrons. The van der Waals surface area contributed by atoms with Crippen molar-refractivity contribution in [3.63, 3.8) is 0 Å². The van der Waals surface area contributed by atoms with Gasteiger partial charge >= 0.3 is 0 Å². The maximum absolute atomic E-state index is 13.4. The molecule has 4 rings (SSSR count). The van der Waals surface area contributed by atoms with Gasteiger partial charge in [0.05, 0.1) is 11.6 Å². The average molecular weight is 387 g/mol. The van der Waals surface area contributed by atoms with Gasteiger partial charge in [0.25, 0.3) is 11.7 Å². The van der Waals surface area contributed by atoms with E-state index >= 15 is 0 Å². The van der Waals surface area contributed by atoms with Crippen LogP contribution < -0.4 is 4.90 Å². The highest BCUT2D eigenvalue weighted by Gasteiger charge is 2.47. The quantitative estimate of drug-likeness (QED) is 0.400. The van der Waals surface area contributed by atoms with E-state index in [1.54, 1.807) is 30.3 Å². The third-order valence-electron chi connectivity index (χ3n) is 5.08. The van der Waals surface area contributed by atoms with Gasteiger partial charge in [0, 0.05) is 11.3 Å². The number of carbonyl (C=O) groups excluding carboxylic acids is 2. The molecule has 0 aromatic heterocycles. The predicted octanol–water partition coefficient (Wildman–Crippen LogP) is 4.76. The standard InChI is InChI=1S/C24H18FNO3/c1-15-7-5-6-10-19(15)21-20(22(27)16-8-3-2-4-9-16)23(28)24(29)26(21)18-13-11-17(25)12-14-18/h2-14,21,27H,1H3/b22-20-. The number of benzene rings is 3. The smallest absolute Gasteiger partial charge is 0.300 e. The molecule has 3 aromatic carbocycles. The SMILES string of the molecule is Cc1ccccc1C1/C(=C(/O)c2ccccc2)C(=O)C(=O)N1c1ccc(F)cc1. The van der Waals surface area contributed by atoms with E-state index in [4.69, 9.17) is 0 Å². The Hall–Kier alpha value is -3.73. The summed E-state index contributed by atoms with van der Waals surface area (Å²) in [5.74, 6) is -2.21. The molecule has 0 radical (unpaired) electrons. The van der Waals surface area contributed by atoms with E-state index in [1.807, 2.05) is 31.2 Å². The molecule has 1 heterocycles. The summed E-state index contributed by atoms with van der Waals surface area (Å²) in [5.41, 5.74) is 2.43. The number of ketones is 1. The number of Topliss-reactive ketones (excluding diaryl/α,β-unsaturated/α-hetero) is 1. The molecule has 1 amide bonds. The molecule has 1 aliphatic heterocycles. The van der Waals surface area contributed by atoms with E-state index in [-0.39, 0.29) is 11.3 Å². The minimum absolute atomic E-state index is 0.0137. The average Bonchev–Trinajstić information content (AvgIpc) is 3.00. The van der Waals surface area contributed by atoms with E-state index in [2.05, 4.69) is 0 Å². The lowest BCUT2D eigenvalue weighted by molar-refractivity contribution is -0.132. The van der Waals surface area contributed by atoms with Crippen LogP contribution >= 0.6 is 0 Å². The van der Waals surface area contributed by atoms with Gasteiger partial charge in [-0.3, -0.25) is 14.5 Å². The second-order valence-corrected chi connectivity index (χ2v) is 6.87. The molecule has 5 heteroatoms. The molecule has 3 aromatic rings. The summed E-state index contributed by atoms with van der Waals surface area (Å²) in [7, 11) is 0. The zero-order valence-electron chi connectivity index (χ0n) is 15.7. The monoisotopic (exact) mass is 387 g/mol. The summed E-state index contributed by atoms with van der Waals surface area (Å²) >= 11 is 0. The van der Waals surface area contributed by atoms with Crippen LogP contribution in [0.4, 0.5) is 10.1 Å². The molecule has 4 nitrogen and oxygen atoms in total.